The van der Waals surface area contributed by atoms with Crippen LogP contribution in [0.4, 0.5) is 0 Å². The summed E-state index contributed by atoms with van der Waals surface area (Å²) in [5, 5.41) is 1.29. The van der Waals surface area contributed by atoms with E-state index in [-0.39, 0.29) is 0 Å². The average molecular weight is 356 g/mol. The van der Waals surface area contributed by atoms with Gasteiger partial charge < -0.3 is 4.74 Å². The second kappa shape index (κ2) is 6.34. The van der Waals surface area contributed by atoms with Gasteiger partial charge in [0.05, 0.1) is 12.7 Å². The zero-order valence-electron chi connectivity index (χ0n) is 10.0. The van der Waals surface area contributed by atoms with Gasteiger partial charge in [0.1, 0.15) is 5.75 Å². The van der Waals surface area contributed by atoms with Crippen molar-refractivity contribution in [3.05, 3.63) is 62.0 Å². The van der Waals surface area contributed by atoms with Crippen molar-refractivity contribution < 1.29 is 4.74 Å². The monoisotopic (exact) mass is 354 g/mol. The van der Waals surface area contributed by atoms with E-state index in [1.165, 1.54) is 0 Å². The summed E-state index contributed by atoms with van der Waals surface area (Å²) in [7, 11) is 1.59. The van der Waals surface area contributed by atoms with Gasteiger partial charge in [0.15, 0.2) is 0 Å². The maximum atomic E-state index is 5.91. The zero-order valence-corrected chi connectivity index (χ0v) is 13.1. The van der Waals surface area contributed by atoms with Gasteiger partial charge in [-0.25, -0.2) is 0 Å². The molecular weight excluding hydrogens is 347 g/mol. The average Bonchev–Trinajstić information content (AvgIpc) is 2.39. The predicted octanol–water partition coefficient (Wildman–Crippen LogP) is 5.16. The molecule has 2 aromatic rings. The highest BCUT2D eigenvalue weighted by molar-refractivity contribution is 9.10. The number of rotatable bonds is 1. The normalized spacial score (nSPS) is 9.68. The Balaban J connectivity index is 2.39. The Kier molecular flexibility index (Phi) is 4.76. The minimum absolute atomic E-state index is 0.620. The lowest BCUT2D eigenvalue weighted by atomic mass is 10.1. The van der Waals surface area contributed by atoms with Crippen LogP contribution in [0.2, 0.25) is 10.0 Å². The Hall–Kier alpha value is -1.14. The molecule has 0 aliphatic carbocycles. The van der Waals surface area contributed by atoms with Crippen LogP contribution < -0.4 is 4.74 Å². The van der Waals surface area contributed by atoms with Crippen LogP contribution >= 0.6 is 39.1 Å². The molecule has 0 amide bonds. The van der Waals surface area contributed by atoms with Gasteiger partial charge in [0.25, 0.3) is 0 Å². The van der Waals surface area contributed by atoms with Crippen molar-refractivity contribution in [3.8, 4) is 17.6 Å². The van der Waals surface area contributed by atoms with Gasteiger partial charge in [-0.3, -0.25) is 0 Å². The summed E-state index contributed by atoms with van der Waals surface area (Å²) in [4.78, 5) is 0. The topological polar surface area (TPSA) is 9.23 Å². The zero-order chi connectivity index (χ0) is 13.8. The van der Waals surface area contributed by atoms with Gasteiger partial charge in [-0.2, -0.15) is 0 Å². The highest BCUT2D eigenvalue weighted by Gasteiger charge is 2.01. The first-order valence-electron chi connectivity index (χ1n) is 5.41. The van der Waals surface area contributed by atoms with Gasteiger partial charge in [0.2, 0.25) is 0 Å². The smallest absolute Gasteiger partial charge is 0.135 e. The van der Waals surface area contributed by atoms with Crippen LogP contribution in [-0.2, 0) is 0 Å². The highest BCUT2D eigenvalue weighted by Crippen LogP contribution is 2.23. The molecule has 0 atom stereocenters. The fraction of sp³-hybridized carbons (Fsp3) is 0.0667. The van der Waals surface area contributed by atoms with Gasteiger partial charge in [-0.05, 0) is 46.3 Å². The first-order chi connectivity index (χ1) is 9.10. The van der Waals surface area contributed by atoms with E-state index in [1.54, 1.807) is 25.3 Å². The maximum absolute atomic E-state index is 5.91. The first kappa shape index (κ1) is 14.3. The van der Waals surface area contributed by atoms with Crippen molar-refractivity contribution in [2.75, 3.05) is 7.11 Å². The fourth-order valence-corrected chi connectivity index (χ4v) is 2.44. The molecule has 1 nitrogen and oxygen atoms in total. The quantitative estimate of drug-likeness (QED) is 0.641. The largest absolute Gasteiger partial charge is 0.495 e. The van der Waals surface area contributed by atoms with Crippen LogP contribution in [0.1, 0.15) is 11.1 Å². The van der Waals surface area contributed by atoms with E-state index < -0.39 is 0 Å². The number of halogens is 3. The van der Waals surface area contributed by atoms with Gasteiger partial charge in [-0.1, -0.05) is 35.0 Å². The SMILES string of the molecule is COc1cc(Cl)ccc1C#Cc1ccc(Cl)cc1Br. The highest BCUT2D eigenvalue weighted by atomic mass is 79.9. The number of methoxy groups -OCH3 is 1. The fourth-order valence-electron chi connectivity index (χ4n) is 1.49. The lowest BCUT2D eigenvalue weighted by Crippen LogP contribution is -1.87. The summed E-state index contributed by atoms with van der Waals surface area (Å²) in [5.74, 6) is 6.79. The lowest BCUT2D eigenvalue weighted by molar-refractivity contribution is 0.413. The predicted molar refractivity (Wildman–Crippen MR) is 83.1 cm³/mol. The molecule has 0 spiro atoms. The molecule has 0 radical (unpaired) electrons. The molecule has 0 N–H and O–H groups in total. The van der Waals surface area contributed by atoms with Crippen LogP contribution in [-0.4, -0.2) is 7.11 Å². The molecule has 0 saturated heterocycles. The third kappa shape index (κ3) is 3.67. The van der Waals surface area contributed by atoms with Crippen LogP contribution in [0.25, 0.3) is 0 Å². The molecule has 0 heterocycles. The molecule has 0 aliphatic rings. The molecule has 2 aromatic carbocycles. The van der Waals surface area contributed by atoms with E-state index in [0.29, 0.717) is 15.8 Å². The first-order valence-corrected chi connectivity index (χ1v) is 6.95. The lowest BCUT2D eigenvalue weighted by Gasteiger charge is -2.03. The van der Waals surface area contributed by atoms with Crippen molar-refractivity contribution in [3.63, 3.8) is 0 Å². The minimum atomic E-state index is 0.620. The number of ether oxygens (including phenoxy) is 1. The molecule has 4 heteroatoms. The second-order valence-corrected chi connectivity index (χ2v) is 5.45. The van der Waals surface area contributed by atoms with E-state index in [1.807, 2.05) is 18.2 Å². The summed E-state index contributed by atoms with van der Waals surface area (Å²) in [6, 6.07) is 10.8. The molecule has 0 saturated carbocycles. The van der Waals surface area contributed by atoms with Crippen LogP contribution in [0.15, 0.2) is 40.9 Å². The Morgan fingerprint density at radius 3 is 2.16 bits per heavy atom. The van der Waals surface area contributed by atoms with Crippen molar-refractivity contribution in [1.29, 1.82) is 0 Å². The molecular formula is C15H9BrCl2O. The van der Waals surface area contributed by atoms with Gasteiger partial charge in [-0.15, -0.1) is 0 Å². The van der Waals surface area contributed by atoms with Crippen LogP contribution in [0.3, 0.4) is 0 Å². The molecule has 0 aliphatic heterocycles. The molecule has 0 fully saturated rings. The molecule has 0 bridgehead atoms. The van der Waals surface area contributed by atoms with E-state index in [0.717, 1.165) is 15.6 Å². The summed E-state index contributed by atoms with van der Waals surface area (Å²) < 4.78 is 6.11. The number of hydrogen-bond acceptors (Lipinski definition) is 1. The molecule has 96 valence electrons. The van der Waals surface area contributed by atoms with E-state index in [2.05, 4.69) is 27.8 Å². The molecule has 19 heavy (non-hydrogen) atoms. The minimum Gasteiger partial charge on any atom is -0.495 e. The Bertz CT molecular complexity index is 672. The summed E-state index contributed by atoms with van der Waals surface area (Å²) in [6.45, 7) is 0. The summed E-state index contributed by atoms with van der Waals surface area (Å²) in [5.41, 5.74) is 1.65. The number of hydrogen-bond donors (Lipinski definition) is 0. The molecule has 0 aromatic heterocycles. The van der Waals surface area contributed by atoms with Crippen LogP contribution in [0, 0.1) is 11.8 Å². The second-order valence-electron chi connectivity index (χ2n) is 3.72. The van der Waals surface area contributed by atoms with E-state index >= 15 is 0 Å². The van der Waals surface area contributed by atoms with E-state index in [4.69, 9.17) is 27.9 Å². The van der Waals surface area contributed by atoms with Crippen molar-refractivity contribution in [2.45, 2.75) is 0 Å². The van der Waals surface area contributed by atoms with Crippen molar-refractivity contribution >= 4 is 39.1 Å². The summed E-state index contributed by atoms with van der Waals surface area (Å²) in [6.07, 6.45) is 0. The van der Waals surface area contributed by atoms with Crippen molar-refractivity contribution in [2.24, 2.45) is 0 Å². The third-order valence-corrected chi connectivity index (χ3v) is 3.55. The summed E-state index contributed by atoms with van der Waals surface area (Å²) >= 11 is 15.2. The Morgan fingerprint density at radius 1 is 0.947 bits per heavy atom. The van der Waals surface area contributed by atoms with Crippen LogP contribution in [0.5, 0.6) is 5.75 Å². The molecule has 0 unspecified atom stereocenters. The van der Waals surface area contributed by atoms with Gasteiger partial charge >= 0.3 is 0 Å². The Labute approximate surface area is 130 Å². The molecule has 2 rings (SSSR count). The standard InChI is InChI=1S/C15H9BrCl2O/c1-19-15-9-13(18)7-5-11(15)3-2-10-4-6-12(17)8-14(10)16/h4-9H,1H3. The Morgan fingerprint density at radius 2 is 1.53 bits per heavy atom. The third-order valence-electron chi connectivity index (χ3n) is 2.43. The van der Waals surface area contributed by atoms with Gasteiger partial charge in [0, 0.05) is 26.1 Å². The maximum Gasteiger partial charge on any atom is 0.135 e. The van der Waals surface area contributed by atoms with E-state index in [9.17, 15) is 0 Å². The number of benzene rings is 2. The van der Waals surface area contributed by atoms with Crippen molar-refractivity contribution in [1.82, 2.24) is 0 Å².